The fourth-order valence-corrected chi connectivity index (χ4v) is 5.62. The Morgan fingerprint density at radius 3 is 2.91 bits per heavy atom. The zero-order chi connectivity index (χ0) is 16.2. The Balaban J connectivity index is 1.98. The summed E-state index contributed by atoms with van der Waals surface area (Å²) < 4.78 is 0. The van der Waals surface area contributed by atoms with Crippen molar-refractivity contribution in [2.75, 3.05) is 5.75 Å². The van der Waals surface area contributed by atoms with Crippen molar-refractivity contribution < 1.29 is 9.59 Å². The molecule has 0 aromatic heterocycles. The van der Waals surface area contributed by atoms with Gasteiger partial charge in [0, 0.05) is 24.3 Å². The molecule has 116 valence electrons. The van der Waals surface area contributed by atoms with Crippen LogP contribution in [-0.2, 0) is 14.5 Å². The zero-order valence-electron chi connectivity index (χ0n) is 12.4. The molecule has 0 saturated carbocycles. The smallest absolute Gasteiger partial charge is 0.237 e. The van der Waals surface area contributed by atoms with Crippen molar-refractivity contribution in [1.82, 2.24) is 9.80 Å². The highest BCUT2D eigenvalue weighted by molar-refractivity contribution is 8.01. The molecule has 4 nitrogen and oxygen atoms in total. The monoisotopic (exact) mass is 342 g/mol. The van der Waals surface area contributed by atoms with Gasteiger partial charge in [-0.15, -0.1) is 11.8 Å². The number of rotatable bonds is 0. The van der Waals surface area contributed by atoms with E-state index in [1.807, 2.05) is 42.5 Å². The number of nitrogens with zero attached hydrogens (tertiary/aromatic N) is 2. The normalized spacial score (nSPS) is 28.3. The Hall–Kier alpha value is -1.92. The fraction of sp³-hybridized carbons (Fsp3) is 0.235. The van der Waals surface area contributed by atoms with E-state index in [0.717, 1.165) is 11.1 Å². The molecule has 6 heteroatoms. The van der Waals surface area contributed by atoms with Gasteiger partial charge in [0.2, 0.25) is 11.8 Å². The zero-order valence-corrected chi connectivity index (χ0v) is 14.1. The van der Waals surface area contributed by atoms with Crippen LogP contribution in [0, 0.1) is 0 Å². The van der Waals surface area contributed by atoms with E-state index in [-0.39, 0.29) is 17.9 Å². The van der Waals surface area contributed by atoms with Crippen molar-refractivity contribution in [1.29, 1.82) is 0 Å². The Morgan fingerprint density at radius 1 is 1.35 bits per heavy atom. The summed E-state index contributed by atoms with van der Waals surface area (Å²) in [5.74, 6) is 0.260. The molecule has 0 unspecified atom stereocenters. The number of carbonyl (C=O) groups is 2. The van der Waals surface area contributed by atoms with E-state index in [1.165, 1.54) is 18.7 Å². The van der Waals surface area contributed by atoms with Crippen molar-refractivity contribution in [3.63, 3.8) is 0 Å². The van der Waals surface area contributed by atoms with Gasteiger partial charge in [0.05, 0.1) is 11.8 Å². The molecule has 0 bridgehead atoms. The van der Waals surface area contributed by atoms with Crippen LogP contribution in [0.2, 0.25) is 0 Å². The van der Waals surface area contributed by atoms with Gasteiger partial charge in [-0.2, -0.15) is 0 Å². The number of thioether (sulfide) groups is 1. The van der Waals surface area contributed by atoms with Gasteiger partial charge in [0.15, 0.2) is 0 Å². The summed E-state index contributed by atoms with van der Waals surface area (Å²) in [7, 11) is 0. The van der Waals surface area contributed by atoms with E-state index < -0.39 is 4.87 Å². The minimum atomic E-state index is -0.686. The largest absolute Gasteiger partial charge is 0.308 e. The third kappa shape index (κ3) is 1.82. The minimum absolute atomic E-state index is 0.0463. The maximum atomic E-state index is 12.4. The van der Waals surface area contributed by atoms with Crippen molar-refractivity contribution in [3.8, 4) is 0 Å². The summed E-state index contributed by atoms with van der Waals surface area (Å²) in [5, 5.41) is 0. The molecule has 3 heterocycles. The second kappa shape index (κ2) is 5.04. The van der Waals surface area contributed by atoms with Gasteiger partial charge in [-0.3, -0.25) is 14.5 Å². The van der Waals surface area contributed by atoms with Gasteiger partial charge in [-0.05, 0) is 6.08 Å². The molecule has 0 N–H and O–H groups in total. The summed E-state index contributed by atoms with van der Waals surface area (Å²) in [4.78, 5) is 28.0. The fourth-order valence-electron chi connectivity index (χ4n) is 3.57. The van der Waals surface area contributed by atoms with Crippen LogP contribution < -0.4 is 0 Å². The van der Waals surface area contributed by atoms with Gasteiger partial charge in [0.1, 0.15) is 9.86 Å². The van der Waals surface area contributed by atoms with Crippen LogP contribution >= 0.6 is 24.0 Å². The quantitative estimate of drug-likeness (QED) is 0.679. The van der Waals surface area contributed by atoms with Crippen molar-refractivity contribution >= 4 is 40.8 Å². The number of hydrogen-bond acceptors (Lipinski definition) is 4. The number of benzene rings is 1. The molecule has 23 heavy (non-hydrogen) atoms. The van der Waals surface area contributed by atoms with Crippen molar-refractivity contribution in [2.45, 2.75) is 17.8 Å². The lowest BCUT2D eigenvalue weighted by molar-refractivity contribution is -0.133. The molecule has 0 aliphatic carbocycles. The van der Waals surface area contributed by atoms with Crippen molar-refractivity contribution in [3.05, 3.63) is 59.8 Å². The first-order chi connectivity index (χ1) is 11.1. The van der Waals surface area contributed by atoms with E-state index in [2.05, 4.69) is 0 Å². The highest BCUT2D eigenvalue weighted by Gasteiger charge is 2.58. The molecule has 2 amide bonds. The maximum Gasteiger partial charge on any atom is 0.237 e. The second-order valence-electron chi connectivity index (χ2n) is 5.66. The average molecular weight is 342 g/mol. The number of allylic oxidation sites excluding steroid dienone is 2. The van der Waals surface area contributed by atoms with Crippen LogP contribution in [0.4, 0.5) is 0 Å². The number of hydrogen-bond donors (Lipinski definition) is 0. The first-order valence-corrected chi connectivity index (χ1v) is 8.71. The summed E-state index contributed by atoms with van der Waals surface area (Å²) in [5.41, 5.74) is 1.91. The molecular formula is C17H14N2O2S2. The Labute approximate surface area is 143 Å². The summed E-state index contributed by atoms with van der Waals surface area (Å²) in [6.45, 7) is 1.53. The Kier molecular flexibility index (Phi) is 3.21. The molecule has 3 aliphatic heterocycles. The van der Waals surface area contributed by atoms with E-state index in [0.29, 0.717) is 10.7 Å². The number of thiocarbonyl (C=S) groups is 1. The minimum Gasteiger partial charge on any atom is -0.308 e. The highest BCUT2D eigenvalue weighted by atomic mass is 32.2. The SMILES string of the molecule is CC(=O)N1C(=S)c2ccccc2[C@@]12SCC(=O)N1C=CC=C[C@@H]12. The van der Waals surface area contributed by atoms with Gasteiger partial charge in [-0.1, -0.05) is 48.6 Å². The van der Waals surface area contributed by atoms with Gasteiger partial charge in [0.25, 0.3) is 0 Å². The molecule has 4 rings (SSSR count). The van der Waals surface area contributed by atoms with E-state index >= 15 is 0 Å². The van der Waals surface area contributed by atoms with E-state index in [4.69, 9.17) is 12.2 Å². The summed E-state index contributed by atoms with van der Waals surface area (Å²) in [6, 6.07) is 7.58. The molecule has 1 spiro atoms. The molecule has 1 aromatic carbocycles. The Bertz CT molecular complexity index is 802. The average Bonchev–Trinajstić information content (AvgIpc) is 2.82. The summed E-state index contributed by atoms with van der Waals surface area (Å²) >= 11 is 7.09. The molecular weight excluding hydrogens is 328 g/mol. The Morgan fingerprint density at radius 2 is 2.13 bits per heavy atom. The topological polar surface area (TPSA) is 40.6 Å². The lowest BCUT2D eigenvalue weighted by atomic mass is 9.94. The first kappa shape index (κ1) is 14.7. The van der Waals surface area contributed by atoms with Crippen LogP contribution in [-0.4, -0.2) is 38.4 Å². The van der Waals surface area contributed by atoms with Gasteiger partial charge < -0.3 is 4.90 Å². The molecule has 1 aromatic rings. The standard InChI is InChI=1S/C17H14N2O2S2/c1-11(20)19-16(22)12-6-2-3-7-13(12)17(19)14-8-4-5-9-18(14)15(21)10-23-17/h2-9,14H,10H2,1H3/t14-,17+/m1/s1. The number of carbonyl (C=O) groups excluding carboxylic acids is 2. The predicted octanol–water partition coefficient (Wildman–Crippen LogP) is 2.40. The lowest BCUT2D eigenvalue weighted by Gasteiger charge is -2.49. The van der Waals surface area contributed by atoms with Crippen LogP contribution in [0.15, 0.2) is 48.7 Å². The molecule has 3 aliphatic rings. The molecule has 2 atom stereocenters. The number of fused-ring (bicyclic) bond motifs is 4. The van der Waals surface area contributed by atoms with Crippen LogP contribution in [0.1, 0.15) is 18.1 Å². The molecule has 1 fully saturated rings. The molecule has 1 saturated heterocycles. The van der Waals surface area contributed by atoms with Gasteiger partial charge >= 0.3 is 0 Å². The first-order valence-electron chi connectivity index (χ1n) is 7.32. The van der Waals surface area contributed by atoms with E-state index in [1.54, 1.807) is 16.0 Å². The van der Waals surface area contributed by atoms with Crippen LogP contribution in [0.3, 0.4) is 0 Å². The van der Waals surface area contributed by atoms with Gasteiger partial charge in [-0.25, -0.2) is 0 Å². The van der Waals surface area contributed by atoms with Crippen LogP contribution in [0.5, 0.6) is 0 Å². The predicted molar refractivity (Wildman–Crippen MR) is 93.7 cm³/mol. The van der Waals surface area contributed by atoms with Crippen molar-refractivity contribution in [2.24, 2.45) is 0 Å². The summed E-state index contributed by atoms with van der Waals surface area (Å²) in [6.07, 6.45) is 7.53. The maximum absolute atomic E-state index is 12.4. The number of amides is 2. The van der Waals surface area contributed by atoms with Crippen LogP contribution in [0.25, 0.3) is 0 Å². The lowest BCUT2D eigenvalue weighted by Crippen LogP contribution is -2.61. The second-order valence-corrected chi connectivity index (χ2v) is 7.25. The highest BCUT2D eigenvalue weighted by Crippen LogP contribution is 2.54. The molecule has 0 radical (unpaired) electrons. The third-order valence-corrected chi connectivity index (χ3v) is 6.33. The third-order valence-electron chi connectivity index (χ3n) is 4.45. The van der Waals surface area contributed by atoms with E-state index in [9.17, 15) is 9.59 Å².